The van der Waals surface area contributed by atoms with Crippen molar-refractivity contribution in [1.29, 1.82) is 0 Å². The van der Waals surface area contributed by atoms with Crippen LogP contribution in [0.15, 0.2) is 41.8 Å². The molecule has 0 amide bonds. The number of aromatic nitrogens is 3. The topological polar surface area (TPSA) is 68.1 Å². The van der Waals surface area contributed by atoms with Crippen molar-refractivity contribution in [3.05, 3.63) is 41.9 Å². The fourth-order valence-corrected chi connectivity index (χ4v) is 4.62. The molecule has 6 nitrogen and oxygen atoms in total. The molecule has 3 rings (SSSR count). The molecular weight excluding hydrogens is 324 g/mol. The number of hydrogen-bond donors (Lipinski definition) is 0. The molecule has 1 atom stereocenters. The predicted molar refractivity (Wildman–Crippen MR) is 83.0 cm³/mol. The Bertz CT molecular complexity index is 733. The number of nitrogens with zero attached hydrogens (tertiary/aromatic N) is 4. The summed E-state index contributed by atoms with van der Waals surface area (Å²) in [4.78, 5) is 4.17. The maximum Gasteiger partial charge on any atom is 0.243 e. The van der Waals surface area contributed by atoms with Crippen LogP contribution < -0.4 is 0 Å². The van der Waals surface area contributed by atoms with Crippen LogP contribution in [0.1, 0.15) is 12.8 Å². The first-order valence-electron chi connectivity index (χ1n) is 7.14. The predicted octanol–water partition coefficient (Wildman–Crippen LogP) is 2.03. The Morgan fingerprint density at radius 1 is 1.36 bits per heavy atom. The summed E-state index contributed by atoms with van der Waals surface area (Å²) in [6.07, 6.45) is 4.98. The lowest BCUT2D eigenvalue weighted by atomic mass is 10.00. The molecule has 1 aliphatic heterocycles. The molecule has 0 saturated carbocycles. The summed E-state index contributed by atoms with van der Waals surface area (Å²) in [5.74, 6) is 0.240. The molecule has 0 N–H and O–H groups in total. The Morgan fingerprint density at radius 2 is 2.23 bits per heavy atom. The van der Waals surface area contributed by atoms with Crippen LogP contribution >= 0.6 is 11.6 Å². The van der Waals surface area contributed by atoms with E-state index in [4.69, 9.17) is 11.6 Å². The molecule has 0 bridgehead atoms. The van der Waals surface area contributed by atoms with Crippen molar-refractivity contribution in [1.82, 2.24) is 19.1 Å². The second kappa shape index (κ2) is 6.36. The zero-order chi connectivity index (χ0) is 15.6. The SMILES string of the molecule is O=S(=O)(c1cccc(Cl)c1)N1CCC[C@H](Cn2cncn2)C1. The quantitative estimate of drug-likeness (QED) is 0.854. The van der Waals surface area contributed by atoms with Crippen molar-refractivity contribution >= 4 is 21.6 Å². The molecule has 118 valence electrons. The van der Waals surface area contributed by atoms with Crippen molar-refractivity contribution < 1.29 is 8.42 Å². The molecule has 1 fully saturated rings. The van der Waals surface area contributed by atoms with Crippen LogP contribution in [0, 0.1) is 5.92 Å². The first-order chi connectivity index (χ1) is 10.6. The lowest BCUT2D eigenvalue weighted by Crippen LogP contribution is -2.41. The normalized spacial score (nSPS) is 20.1. The van der Waals surface area contributed by atoms with Crippen LogP contribution in [0.3, 0.4) is 0 Å². The fraction of sp³-hybridized carbons (Fsp3) is 0.429. The van der Waals surface area contributed by atoms with E-state index < -0.39 is 10.0 Å². The Labute approximate surface area is 134 Å². The van der Waals surface area contributed by atoms with Crippen molar-refractivity contribution in [3.8, 4) is 0 Å². The summed E-state index contributed by atoms with van der Waals surface area (Å²) in [5.41, 5.74) is 0. The average molecular weight is 341 g/mol. The lowest BCUT2D eigenvalue weighted by Gasteiger charge is -2.31. The minimum absolute atomic E-state index is 0.240. The number of rotatable bonds is 4. The van der Waals surface area contributed by atoms with Crippen LogP contribution in [-0.2, 0) is 16.6 Å². The number of piperidine rings is 1. The van der Waals surface area contributed by atoms with Gasteiger partial charge in [0.2, 0.25) is 10.0 Å². The molecule has 1 saturated heterocycles. The summed E-state index contributed by atoms with van der Waals surface area (Å²) in [6, 6.07) is 6.41. The zero-order valence-electron chi connectivity index (χ0n) is 12.0. The summed E-state index contributed by atoms with van der Waals surface area (Å²) in [5, 5.41) is 4.52. The molecule has 1 aromatic carbocycles. The highest BCUT2D eigenvalue weighted by atomic mass is 35.5. The highest BCUT2D eigenvalue weighted by Gasteiger charge is 2.30. The minimum Gasteiger partial charge on any atom is -0.253 e. The van der Waals surface area contributed by atoms with Gasteiger partial charge in [0.15, 0.2) is 0 Å². The van der Waals surface area contributed by atoms with Gasteiger partial charge in [-0.15, -0.1) is 0 Å². The van der Waals surface area contributed by atoms with E-state index in [1.54, 1.807) is 33.5 Å². The molecule has 0 spiro atoms. The summed E-state index contributed by atoms with van der Waals surface area (Å²) < 4.78 is 28.7. The summed E-state index contributed by atoms with van der Waals surface area (Å²) in [6.45, 7) is 1.72. The van der Waals surface area contributed by atoms with Crippen molar-refractivity contribution in [2.75, 3.05) is 13.1 Å². The van der Waals surface area contributed by atoms with Crippen LogP contribution in [0.25, 0.3) is 0 Å². The van der Waals surface area contributed by atoms with Gasteiger partial charge in [-0.1, -0.05) is 17.7 Å². The second-order valence-corrected chi connectivity index (χ2v) is 7.82. The maximum atomic E-state index is 12.7. The van der Waals surface area contributed by atoms with Crippen LogP contribution in [0.2, 0.25) is 5.02 Å². The van der Waals surface area contributed by atoms with Crippen molar-refractivity contribution in [2.24, 2.45) is 5.92 Å². The molecule has 1 aromatic heterocycles. The zero-order valence-corrected chi connectivity index (χ0v) is 13.5. The summed E-state index contributed by atoms with van der Waals surface area (Å²) in [7, 11) is -3.49. The van der Waals surface area contributed by atoms with Gasteiger partial charge in [0.05, 0.1) is 4.90 Å². The third-order valence-corrected chi connectivity index (χ3v) is 5.92. The molecule has 1 aliphatic rings. The number of sulfonamides is 1. The molecule has 8 heteroatoms. The van der Waals surface area contributed by atoms with E-state index in [9.17, 15) is 8.42 Å². The molecular formula is C14H17ClN4O2S. The standard InChI is InChI=1S/C14H17ClN4O2S/c15-13-4-1-5-14(7-13)22(20,21)19-6-2-3-12(9-19)8-18-11-16-10-17-18/h1,4-5,7,10-12H,2-3,6,8-9H2/t12-/m1/s1. The molecule has 2 heterocycles. The van der Waals surface area contributed by atoms with Gasteiger partial charge in [0.25, 0.3) is 0 Å². The van der Waals surface area contributed by atoms with E-state index in [2.05, 4.69) is 10.1 Å². The third kappa shape index (κ3) is 3.31. The first-order valence-corrected chi connectivity index (χ1v) is 8.95. The minimum atomic E-state index is -3.49. The molecule has 22 heavy (non-hydrogen) atoms. The van der Waals surface area contributed by atoms with E-state index in [1.165, 1.54) is 12.4 Å². The van der Waals surface area contributed by atoms with E-state index in [1.807, 2.05) is 0 Å². The lowest BCUT2D eigenvalue weighted by molar-refractivity contribution is 0.239. The van der Waals surface area contributed by atoms with E-state index in [0.29, 0.717) is 24.7 Å². The molecule has 0 unspecified atom stereocenters. The summed E-state index contributed by atoms with van der Waals surface area (Å²) >= 11 is 5.91. The van der Waals surface area contributed by atoms with Crippen LogP contribution in [0.5, 0.6) is 0 Å². The average Bonchev–Trinajstić information content (AvgIpc) is 3.00. The van der Waals surface area contributed by atoms with Crippen LogP contribution in [0.4, 0.5) is 0 Å². The van der Waals surface area contributed by atoms with Crippen molar-refractivity contribution in [3.63, 3.8) is 0 Å². The monoisotopic (exact) mass is 340 g/mol. The highest BCUT2D eigenvalue weighted by Crippen LogP contribution is 2.25. The van der Waals surface area contributed by atoms with Crippen molar-refractivity contribution in [2.45, 2.75) is 24.3 Å². The van der Waals surface area contributed by atoms with E-state index >= 15 is 0 Å². The van der Waals surface area contributed by atoms with Gasteiger partial charge in [0, 0.05) is 24.7 Å². The molecule has 0 radical (unpaired) electrons. The number of benzene rings is 1. The Morgan fingerprint density at radius 3 is 2.95 bits per heavy atom. The second-order valence-electron chi connectivity index (χ2n) is 5.45. The maximum absolute atomic E-state index is 12.7. The molecule has 0 aliphatic carbocycles. The van der Waals surface area contributed by atoms with Gasteiger partial charge < -0.3 is 0 Å². The Balaban J connectivity index is 1.76. The van der Waals surface area contributed by atoms with Gasteiger partial charge >= 0.3 is 0 Å². The van der Waals surface area contributed by atoms with Gasteiger partial charge in [-0.3, -0.25) is 4.68 Å². The smallest absolute Gasteiger partial charge is 0.243 e. The highest BCUT2D eigenvalue weighted by molar-refractivity contribution is 7.89. The van der Waals surface area contributed by atoms with Crippen LogP contribution in [-0.4, -0.2) is 40.6 Å². The van der Waals surface area contributed by atoms with E-state index in [-0.39, 0.29) is 10.8 Å². The number of halogens is 1. The van der Waals surface area contributed by atoms with Gasteiger partial charge in [-0.25, -0.2) is 13.4 Å². The Kier molecular flexibility index (Phi) is 4.46. The van der Waals surface area contributed by atoms with Gasteiger partial charge in [0.1, 0.15) is 12.7 Å². The third-order valence-electron chi connectivity index (χ3n) is 3.83. The van der Waals surface area contributed by atoms with Gasteiger partial charge in [-0.05, 0) is 37.0 Å². The largest absolute Gasteiger partial charge is 0.253 e. The van der Waals surface area contributed by atoms with E-state index in [0.717, 1.165) is 12.8 Å². The number of hydrogen-bond acceptors (Lipinski definition) is 4. The Hall–Kier alpha value is -1.44. The molecule has 2 aromatic rings. The van der Waals surface area contributed by atoms with Gasteiger partial charge in [-0.2, -0.15) is 9.40 Å². The first kappa shape index (κ1) is 15.5. The fourth-order valence-electron chi connectivity index (χ4n) is 2.76.